The van der Waals surface area contributed by atoms with Gasteiger partial charge in [-0.2, -0.15) is 0 Å². The lowest BCUT2D eigenvalue weighted by Crippen LogP contribution is -2.46. The molecule has 0 radical (unpaired) electrons. The number of halogens is 1. The summed E-state index contributed by atoms with van der Waals surface area (Å²) in [5.74, 6) is 1.91. The third kappa shape index (κ3) is 5.00. The first-order valence-corrected chi connectivity index (χ1v) is 8.99. The molecule has 1 fully saturated rings. The number of oxazole rings is 1. The predicted octanol–water partition coefficient (Wildman–Crippen LogP) is 2.95. The minimum Gasteiger partial charge on any atom is -0.444 e. The average molecular weight is 368 g/mol. The third-order valence-electron chi connectivity index (χ3n) is 3.86. The Morgan fingerprint density at radius 3 is 2.92 bits per heavy atom. The molecular formula is C17H22ClN3O2S. The first-order valence-electron chi connectivity index (χ1n) is 7.83. The molecule has 2 heterocycles. The van der Waals surface area contributed by atoms with Crippen LogP contribution >= 0.6 is 24.2 Å². The van der Waals surface area contributed by atoms with Crippen LogP contribution in [0.1, 0.15) is 18.5 Å². The number of hydrogen-bond acceptors (Lipinski definition) is 5. The van der Waals surface area contributed by atoms with Crippen LogP contribution in [-0.4, -0.2) is 40.7 Å². The van der Waals surface area contributed by atoms with E-state index in [0.29, 0.717) is 23.9 Å². The molecule has 5 nitrogen and oxygen atoms in total. The molecule has 0 aliphatic carbocycles. The highest BCUT2D eigenvalue weighted by molar-refractivity contribution is 7.99. The average Bonchev–Trinajstić information content (AvgIpc) is 3.04. The van der Waals surface area contributed by atoms with Crippen LogP contribution in [0.25, 0.3) is 11.5 Å². The Bertz CT molecular complexity index is 650. The Morgan fingerprint density at radius 1 is 1.38 bits per heavy atom. The highest BCUT2D eigenvalue weighted by Crippen LogP contribution is 2.20. The van der Waals surface area contributed by atoms with Crippen molar-refractivity contribution in [2.45, 2.75) is 24.6 Å². The van der Waals surface area contributed by atoms with Gasteiger partial charge in [0.25, 0.3) is 0 Å². The first-order chi connectivity index (χ1) is 11.2. The van der Waals surface area contributed by atoms with Crippen LogP contribution in [0.4, 0.5) is 0 Å². The van der Waals surface area contributed by atoms with E-state index in [9.17, 15) is 4.79 Å². The minimum atomic E-state index is 0. The van der Waals surface area contributed by atoms with Crippen molar-refractivity contribution in [2.75, 3.05) is 18.8 Å². The van der Waals surface area contributed by atoms with E-state index in [2.05, 4.69) is 4.98 Å². The van der Waals surface area contributed by atoms with Gasteiger partial charge < -0.3 is 15.1 Å². The molecule has 1 aromatic heterocycles. The van der Waals surface area contributed by atoms with Gasteiger partial charge in [-0.05, 0) is 25.0 Å². The molecule has 2 aromatic rings. The molecule has 130 valence electrons. The molecule has 24 heavy (non-hydrogen) atoms. The molecule has 0 saturated carbocycles. The van der Waals surface area contributed by atoms with Crippen LogP contribution in [0.15, 0.2) is 41.0 Å². The van der Waals surface area contributed by atoms with Crippen LogP contribution in [0.5, 0.6) is 0 Å². The smallest absolute Gasteiger partial charge is 0.232 e. The van der Waals surface area contributed by atoms with E-state index in [-0.39, 0.29) is 24.4 Å². The standard InChI is InChI=1S/C17H21N3O2S.ClH/c18-14-7-4-8-20(9-14)16(21)12-23-11-15-10-22-17(19-15)13-5-2-1-3-6-13;/h1-3,5-6,10,14H,4,7-9,11-12,18H2;1H. The van der Waals surface area contributed by atoms with E-state index in [1.54, 1.807) is 18.0 Å². The van der Waals surface area contributed by atoms with Gasteiger partial charge in [0, 0.05) is 30.4 Å². The van der Waals surface area contributed by atoms with Crippen molar-refractivity contribution >= 4 is 30.1 Å². The van der Waals surface area contributed by atoms with Gasteiger partial charge in [0.2, 0.25) is 11.8 Å². The van der Waals surface area contributed by atoms with Crippen LogP contribution in [0.3, 0.4) is 0 Å². The van der Waals surface area contributed by atoms with Crippen LogP contribution in [0, 0.1) is 0 Å². The topological polar surface area (TPSA) is 72.4 Å². The summed E-state index contributed by atoms with van der Waals surface area (Å²) < 4.78 is 5.50. The maximum atomic E-state index is 12.2. The van der Waals surface area contributed by atoms with Crippen LogP contribution in [-0.2, 0) is 10.5 Å². The maximum absolute atomic E-state index is 12.2. The number of amides is 1. The number of likely N-dealkylation sites (tertiary alicyclic amines) is 1. The van der Waals surface area contributed by atoms with Crippen LogP contribution in [0.2, 0.25) is 0 Å². The SMILES string of the molecule is Cl.NC1CCCN(C(=O)CSCc2coc(-c3ccccc3)n2)C1. The third-order valence-corrected chi connectivity index (χ3v) is 4.81. The van der Waals surface area contributed by atoms with Gasteiger partial charge in [0.15, 0.2) is 0 Å². The quantitative estimate of drug-likeness (QED) is 0.879. The van der Waals surface area contributed by atoms with Gasteiger partial charge in [-0.1, -0.05) is 18.2 Å². The number of thioether (sulfide) groups is 1. The van der Waals surface area contributed by atoms with E-state index in [1.807, 2.05) is 35.2 Å². The van der Waals surface area contributed by atoms with Crippen molar-refractivity contribution in [1.29, 1.82) is 0 Å². The van der Waals surface area contributed by atoms with E-state index in [4.69, 9.17) is 10.2 Å². The zero-order valence-electron chi connectivity index (χ0n) is 13.4. The molecule has 0 bridgehead atoms. The molecule has 1 unspecified atom stereocenters. The number of carbonyl (C=O) groups is 1. The summed E-state index contributed by atoms with van der Waals surface area (Å²) in [7, 11) is 0. The van der Waals surface area contributed by atoms with Crippen molar-refractivity contribution in [3.63, 3.8) is 0 Å². The molecule has 1 aliphatic heterocycles. The maximum Gasteiger partial charge on any atom is 0.232 e. The van der Waals surface area contributed by atoms with Crippen molar-refractivity contribution in [3.8, 4) is 11.5 Å². The van der Waals surface area contributed by atoms with Crippen molar-refractivity contribution in [3.05, 3.63) is 42.3 Å². The largest absolute Gasteiger partial charge is 0.444 e. The van der Waals surface area contributed by atoms with E-state index in [0.717, 1.165) is 30.6 Å². The summed E-state index contributed by atoms with van der Waals surface area (Å²) in [4.78, 5) is 18.5. The van der Waals surface area contributed by atoms with Gasteiger partial charge in [-0.25, -0.2) is 4.98 Å². The first kappa shape index (κ1) is 18.8. The molecule has 0 spiro atoms. The number of rotatable bonds is 5. The molecule has 1 amide bonds. The minimum absolute atomic E-state index is 0. The number of nitrogens with two attached hydrogens (primary N) is 1. The van der Waals surface area contributed by atoms with Gasteiger partial charge in [0.05, 0.1) is 11.4 Å². The molecule has 1 saturated heterocycles. The molecule has 1 atom stereocenters. The summed E-state index contributed by atoms with van der Waals surface area (Å²) in [6.45, 7) is 1.51. The number of piperidine rings is 1. The lowest BCUT2D eigenvalue weighted by Gasteiger charge is -2.30. The van der Waals surface area contributed by atoms with Crippen LogP contribution < -0.4 is 5.73 Å². The van der Waals surface area contributed by atoms with E-state index < -0.39 is 0 Å². The lowest BCUT2D eigenvalue weighted by molar-refractivity contribution is -0.129. The number of benzene rings is 1. The Morgan fingerprint density at radius 2 is 2.17 bits per heavy atom. The highest BCUT2D eigenvalue weighted by atomic mass is 35.5. The van der Waals surface area contributed by atoms with Gasteiger partial charge in [-0.15, -0.1) is 24.2 Å². The lowest BCUT2D eigenvalue weighted by atomic mass is 10.1. The number of aromatic nitrogens is 1. The second-order valence-electron chi connectivity index (χ2n) is 5.74. The second kappa shape index (κ2) is 9.11. The number of carbonyl (C=O) groups excluding carboxylic acids is 1. The molecule has 2 N–H and O–H groups in total. The van der Waals surface area contributed by atoms with Crippen molar-refractivity contribution < 1.29 is 9.21 Å². The summed E-state index contributed by atoms with van der Waals surface area (Å²) in [5.41, 5.74) is 7.74. The summed E-state index contributed by atoms with van der Waals surface area (Å²) >= 11 is 1.56. The van der Waals surface area contributed by atoms with Crippen molar-refractivity contribution in [1.82, 2.24) is 9.88 Å². The number of hydrogen-bond donors (Lipinski definition) is 1. The Labute approximate surface area is 152 Å². The summed E-state index contributed by atoms with van der Waals surface area (Å²) in [6, 6.07) is 9.92. The Hall–Kier alpha value is -1.50. The number of nitrogens with zero attached hydrogens (tertiary/aromatic N) is 2. The normalized spacial score (nSPS) is 17.4. The fraction of sp³-hybridized carbons (Fsp3) is 0.412. The highest BCUT2D eigenvalue weighted by Gasteiger charge is 2.21. The molecular weight excluding hydrogens is 346 g/mol. The molecule has 3 rings (SSSR count). The van der Waals surface area contributed by atoms with E-state index >= 15 is 0 Å². The van der Waals surface area contributed by atoms with Gasteiger partial charge >= 0.3 is 0 Å². The summed E-state index contributed by atoms with van der Waals surface area (Å²) in [5, 5.41) is 0. The fourth-order valence-corrected chi connectivity index (χ4v) is 3.46. The predicted molar refractivity (Wildman–Crippen MR) is 99.1 cm³/mol. The second-order valence-corrected chi connectivity index (χ2v) is 6.73. The van der Waals surface area contributed by atoms with Gasteiger partial charge in [0.1, 0.15) is 6.26 Å². The Balaban J connectivity index is 0.00000208. The molecule has 1 aliphatic rings. The molecule has 7 heteroatoms. The van der Waals surface area contributed by atoms with E-state index in [1.165, 1.54) is 0 Å². The van der Waals surface area contributed by atoms with Gasteiger partial charge in [-0.3, -0.25) is 4.79 Å². The molecule has 1 aromatic carbocycles. The zero-order chi connectivity index (χ0) is 16.1. The monoisotopic (exact) mass is 367 g/mol. The summed E-state index contributed by atoms with van der Waals surface area (Å²) in [6.07, 6.45) is 3.68. The zero-order valence-corrected chi connectivity index (χ0v) is 15.0. The van der Waals surface area contributed by atoms with Crippen molar-refractivity contribution in [2.24, 2.45) is 5.73 Å². The Kier molecular flexibility index (Phi) is 7.15. The fourth-order valence-electron chi connectivity index (χ4n) is 2.66.